The van der Waals surface area contributed by atoms with E-state index in [1.165, 1.54) is 17.8 Å². The third-order valence-electron chi connectivity index (χ3n) is 4.61. The number of amides is 2. The number of carbonyl (C=O) groups excluding carboxylic acids is 2. The molecule has 1 aromatic heterocycles. The summed E-state index contributed by atoms with van der Waals surface area (Å²) in [6.45, 7) is 0.0368. The highest BCUT2D eigenvalue weighted by Gasteiger charge is 2.28. The van der Waals surface area contributed by atoms with Gasteiger partial charge in [0.25, 0.3) is 5.91 Å². The first-order chi connectivity index (χ1) is 12.7. The lowest BCUT2D eigenvalue weighted by Gasteiger charge is -2.34. The Morgan fingerprint density at radius 2 is 1.96 bits per heavy atom. The molecule has 0 unspecified atom stereocenters. The van der Waals surface area contributed by atoms with Crippen molar-refractivity contribution in [2.24, 2.45) is 0 Å². The van der Waals surface area contributed by atoms with Crippen LogP contribution < -0.4 is 10.1 Å². The quantitative estimate of drug-likeness (QED) is 0.840. The van der Waals surface area contributed by atoms with Gasteiger partial charge in [0.05, 0.1) is 7.11 Å². The van der Waals surface area contributed by atoms with Crippen molar-refractivity contribution in [3.63, 3.8) is 0 Å². The Morgan fingerprint density at radius 3 is 2.58 bits per heavy atom. The Bertz CT molecular complexity index is 725. The minimum absolute atomic E-state index is 0.0368. The molecule has 2 aromatic rings. The highest BCUT2D eigenvalue weighted by atomic mass is 32.1. The second-order valence-corrected chi connectivity index (χ2v) is 7.23. The Labute approximate surface area is 157 Å². The van der Waals surface area contributed by atoms with Gasteiger partial charge >= 0.3 is 0 Å². The molecule has 6 nitrogen and oxygen atoms in total. The zero-order chi connectivity index (χ0) is 18.4. The molecule has 7 heteroatoms. The van der Waals surface area contributed by atoms with Crippen LogP contribution in [0.3, 0.4) is 0 Å². The van der Waals surface area contributed by atoms with E-state index in [1.807, 2.05) is 0 Å². The first-order valence-electron chi connectivity index (χ1n) is 8.82. The van der Waals surface area contributed by atoms with Gasteiger partial charge in [-0.25, -0.2) is 4.98 Å². The molecule has 0 saturated heterocycles. The lowest BCUT2D eigenvalue weighted by Crippen LogP contribution is -2.45. The van der Waals surface area contributed by atoms with E-state index in [0.29, 0.717) is 16.4 Å². The summed E-state index contributed by atoms with van der Waals surface area (Å²) in [7, 11) is 1.59. The molecule has 0 atom stereocenters. The van der Waals surface area contributed by atoms with Crippen molar-refractivity contribution < 1.29 is 14.3 Å². The summed E-state index contributed by atoms with van der Waals surface area (Å²) in [5.74, 6) is 0.369. The first-order valence-corrected chi connectivity index (χ1v) is 9.69. The molecule has 0 aliphatic heterocycles. The number of nitrogens with zero attached hydrogens (tertiary/aromatic N) is 2. The molecule has 1 aromatic carbocycles. The van der Waals surface area contributed by atoms with Crippen LogP contribution in [0, 0.1) is 0 Å². The largest absolute Gasteiger partial charge is 0.497 e. The Morgan fingerprint density at radius 1 is 1.23 bits per heavy atom. The van der Waals surface area contributed by atoms with Gasteiger partial charge in [0.2, 0.25) is 5.91 Å². The molecule has 0 radical (unpaired) electrons. The fourth-order valence-electron chi connectivity index (χ4n) is 3.26. The van der Waals surface area contributed by atoms with E-state index in [2.05, 4.69) is 10.3 Å². The third-order valence-corrected chi connectivity index (χ3v) is 5.29. The van der Waals surface area contributed by atoms with E-state index < -0.39 is 0 Å². The SMILES string of the molecule is COc1ccc(C(=O)N(CC(=O)Nc2nccs2)C2CCCCC2)cc1. The summed E-state index contributed by atoms with van der Waals surface area (Å²) >= 11 is 1.36. The molecular weight excluding hydrogens is 350 g/mol. The second-order valence-electron chi connectivity index (χ2n) is 6.34. The minimum Gasteiger partial charge on any atom is -0.497 e. The molecule has 0 spiro atoms. The molecular formula is C19H23N3O3S. The molecule has 1 N–H and O–H groups in total. The standard InChI is InChI=1S/C19H23N3O3S/c1-25-16-9-7-14(8-10-16)18(24)22(15-5-3-2-4-6-15)13-17(23)21-19-20-11-12-26-19/h7-12,15H,2-6,13H2,1H3,(H,20,21,23). The summed E-state index contributed by atoms with van der Waals surface area (Å²) in [5.41, 5.74) is 0.568. The van der Waals surface area contributed by atoms with E-state index in [1.54, 1.807) is 47.9 Å². The minimum atomic E-state index is -0.215. The van der Waals surface area contributed by atoms with Gasteiger partial charge < -0.3 is 15.0 Å². The van der Waals surface area contributed by atoms with Gasteiger partial charge in [0.15, 0.2) is 5.13 Å². The van der Waals surface area contributed by atoms with Crippen molar-refractivity contribution in [1.82, 2.24) is 9.88 Å². The van der Waals surface area contributed by atoms with Gasteiger partial charge in [-0.1, -0.05) is 19.3 Å². The third kappa shape index (κ3) is 4.60. The van der Waals surface area contributed by atoms with Gasteiger partial charge in [0.1, 0.15) is 12.3 Å². The predicted molar refractivity (Wildman–Crippen MR) is 102 cm³/mol. The Balaban J connectivity index is 1.75. The van der Waals surface area contributed by atoms with E-state index in [9.17, 15) is 9.59 Å². The van der Waals surface area contributed by atoms with Gasteiger partial charge in [0, 0.05) is 23.2 Å². The number of benzene rings is 1. The number of methoxy groups -OCH3 is 1. The highest BCUT2D eigenvalue weighted by molar-refractivity contribution is 7.13. The summed E-state index contributed by atoms with van der Waals surface area (Å²) in [5, 5.41) is 5.12. The molecule has 1 saturated carbocycles. The zero-order valence-corrected chi connectivity index (χ0v) is 15.6. The van der Waals surface area contributed by atoms with Crippen LogP contribution in [0.2, 0.25) is 0 Å². The summed E-state index contributed by atoms with van der Waals surface area (Å²) in [6, 6.07) is 7.12. The number of nitrogens with one attached hydrogen (secondary N) is 1. The Hall–Kier alpha value is -2.41. The van der Waals surface area contributed by atoms with E-state index in [0.717, 1.165) is 25.7 Å². The maximum absolute atomic E-state index is 13.1. The molecule has 0 bridgehead atoms. The van der Waals surface area contributed by atoms with Crippen LogP contribution in [0.4, 0.5) is 5.13 Å². The number of thiazole rings is 1. The number of hydrogen-bond donors (Lipinski definition) is 1. The first kappa shape index (κ1) is 18.4. The zero-order valence-electron chi connectivity index (χ0n) is 14.8. The van der Waals surface area contributed by atoms with Crippen molar-refractivity contribution in [3.8, 4) is 5.75 Å². The Kier molecular flexibility index (Phi) is 6.22. The molecule has 1 aliphatic carbocycles. The van der Waals surface area contributed by atoms with Gasteiger partial charge in [-0.2, -0.15) is 0 Å². The lowest BCUT2D eigenvalue weighted by atomic mass is 9.93. The van der Waals surface area contributed by atoms with E-state index in [-0.39, 0.29) is 24.4 Å². The molecule has 3 rings (SSSR count). The summed E-state index contributed by atoms with van der Waals surface area (Å²) in [4.78, 5) is 31.3. The predicted octanol–water partition coefficient (Wildman–Crippen LogP) is 3.57. The van der Waals surface area contributed by atoms with Gasteiger partial charge in [-0.3, -0.25) is 9.59 Å². The molecule has 1 heterocycles. The van der Waals surface area contributed by atoms with Gasteiger partial charge in [-0.15, -0.1) is 11.3 Å². The molecule has 138 valence electrons. The van der Waals surface area contributed by atoms with Crippen LogP contribution in [-0.2, 0) is 4.79 Å². The number of rotatable bonds is 6. The van der Waals surface area contributed by atoms with E-state index >= 15 is 0 Å². The fourth-order valence-corrected chi connectivity index (χ4v) is 3.80. The van der Waals surface area contributed by atoms with Crippen LogP contribution in [0.25, 0.3) is 0 Å². The van der Waals surface area contributed by atoms with Gasteiger partial charge in [-0.05, 0) is 37.1 Å². The fraction of sp³-hybridized carbons (Fsp3) is 0.421. The van der Waals surface area contributed by atoms with Crippen molar-refractivity contribution in [2.45, 2.75) is 38.1 Å². The number of aromatic nitrogens is 1. The summed E-state index contributed by atoms with van der Waals surface area (Å²) < 4.78 is 5.15. The van der Waals surface area contributed by atoms with E-state index in [4.69, 9.17) is 4.74 Å². The topological polar surface area (TPSA) is 71.5 Å². The van der Waals surface area contributed by atoms with Crippen molar-refractivity contribution in [1.29, 1.82) is 0 Å². The van der Waals surface area contributed by atoms with Crippen LogP contribution in [0.5, 0.6) is 5.75 Å². The average molecular weight is 373 g/mol. The summed E-state index contributed by atoms with van der Waals surface area (Å²) in [6.07, 6.45) is 6.88. The second kappa shape index (κ2) is 8.80. The van der Waals surface area contributed by atoms with Crippen LogP contribution in [0.1, 0.15) is 42.5 Å². The smallest absolute Gasteiger partial charge is 0.254 e. The molecule has 26 heavy (non-hydrogen) atoms. The molecule has 2 amide bonds. The number of ether oxygens (including phenoxy) is 1. The van der Waals surface area contributed by atoms with Crippen molar-refractivity contribution in [2.75, 3.05) is 19.0 Å². The molecule has 1 aliphatic rings. The van der Waals surface area contributed by atoms with Crippen LogP contribution in [0.15, 0.2) is 35.8 Å². The number of carbonyl (C=O) groups is 2. The van der Waals surface area contributed by atoms with Crippen LogP contribution >= 0.6 is 11.3 Å². The molecule has 1 fully saturated rings. The normalized spacial score (nSPS) is 14.7. The van der Waals surface area contributed by atoms with Crippen molar-refractivity contribution in [3.05, 3.63) is 41.4 Å². The van der Waals surface area contributed by atoms with Crippen LogP contribution in [-0.4, -0.2) is 41.4 Å². The highest BCUT2D eigenvalue weighted by Crippen LogP contribution is 2.25. The maximum Gasteiger partial charge on any atom is 0.254 e. The number of hydrogen-bond acceptors (Lipinski definition) is 5. The monoisotopic (exact) mass is 373 g/mol. The lowest BCUT2D eigenvalue weighted by molar-refractivity contribution is -0.117. The maximum atomic E-state index is 13.1. The number of anilines is 1. The van der Waals surface area contributed by atoms with Crippen molar-refractivity contribution >= 4 is 28.3 Å². The average Bonchev–Trinajstić information content (AvgIpc) is 3.19.